The Balaban J connectivity index is 1.34. The highest BCUT2D eigenvalue weighted by Crippen LogP contribution is 2.31. The number of rotatable bonds is 4. The van der Waals surface area contributed by atoms with Gasteiger partial charge in [-0.1, -0.05) is 18.2 Å². The summed E-state index contributed by atoms with van der Waals surface area (Å²) < 4.78 is 0. The summed E-state index contributed by atoms with van der Waals surface area (Å²) in [5.74, 6) is -1.15. The van der Waals surface area contributed by atoms with Crippen LogP contribution in [0.1, 0.15) is 26.3 Å². The van der Waals surface area contributed by atoms with E-state index in [2.05, 4.69) is 9.97 Å². The van der Waals surface area contributed by atoms with Crippen molar-refractivity contribution < 1.29 is 14.4 Å². The van der Waals surface area contributed by atoms with E-state index in [-0.39, 0.29) is 5.91 Å². The fourth-order valence-electron chi connectivity index (χ4n) is 4.24. The van der Waals surface area contributed by atoms with Gasteiger partial charge in [0.25, 0.3) is 17.6 Å². The van der Waals surface area contributed by atoms with Crippen LogP contribution in [0, 0.1) is 6.92 Å². The van der Waals surface area contributed by atoms with Crippen molar-refractivity contribution in [3.63, 3.8) is 0 Å². The Morgan fingerprint density at radius 2 is 1.73 bits per heavy atom. The van der Waals surface area contributed by atoms with Crippen molar-refractivity contribution in [2.45, 2.75) is 6.92 Å². The summed E-state index contributed by atoms with van der Waals surface area (Å²) >= 11 is 1.58. The molecular formula is C25H22N4O3S. The van der Waals surface area contributed by atoms with E-state index in [4.69, 9.17) is 0 Å². The number of nitrogens with one attached hydrogen (secondary N) is 1. The molecule has 1 saturated heterocycles. The van der Waals surface area contributed by atoms with Crippen molar-refractivity contribution in [3.05, 3.63) is 76.2 Å². The number of aromatic amines is 1. The molecule has 0 aliphatic carbocycles. The van der Waals surface area contributed by atoms with E-state index in [1.807, 2.05) is 41.9 Å². The summed E-state index contributed by atoms with van der Waals surface area (Å²) in [6.45, 7) is 3.33. The molecule has 5 rings (SSSR count). The normalized spacial score (nSPS) is 14.0. The number of aromatic nitrogens is 2. The maximum absolute atomic E-state index is 13.2. The summed E-state index contributed by atoms with van der Waals surface area (Å²) in [4.78, 5) is 49.9. The number of nitrogens with zero attached hydrogens (tertiary/aromatic N) is 3. The number of thiophene rings is 1. The lowest BCUT2D eigenvalue weighted by molar-refractivity contribution is -0.127. The molecule has 1 fully saturated rings. The highest BCUT2D eigenvalue weighted by atomic mass is 32.1. The molecule has 33 heavy (non-hydrogen) atoms. The molecule has 1 aromatic carbocycles. The first-order valence-corrected chi connectivity index (χ1v) is 11.7. The molecule has 3 aromatic heterocycles. The van der Waals surface area contributed by atoms with Crippen molar-refractivity contribution >= 4 is 39.8 Å². The van der Waals surface area contributed by atoms with E-state index in [1.165, 1.54) is 4.90 Å². The molecule has 0 atom stereocenters. The van der Waals surface area contributed by atoms with Crippen molar-refractivity contribution in [2.75, 3.05) is 26.2 Å². The van der Waals surface area contributed by atoms with Gasteiger partial charge in [-0.3, -0.25) is 19.4 Å². The number of fused-ring (bicyclic) bond motifs is 1. The second-order valence-electron chi connectivity index (χ2n) is 8.03. The molecule has 0 unspecified atom stereocenters. The molecule has 166 valence electrons. The van der Waals surface area contributed by atoms with Gasteiger partial charge in [0.05, 0.1) is 16.8 Å². The molecule has 4 heterocycles. The molecule has 0 saturated carbocycles. The number of Topliss-reactive ketones (excluding diaryl/α,β-unsaturated/α-hetero) is 1. The smallest absolute Gasteiger partial charge is 0.295 e. The Hall–Kier alpha value is -3.78. The zero-order valence-electron chi connectivity index (χ0n) is 18.1. The SMILES string of the molecule is Cc1cnc(-c2ccsc2)c2[nH]cc(C(=O)C(=O)N3CCN(C(=O)c4ccccc4)CC3)c12. The number of hydrogen-bond acceptors (Lipinski definition) is 5. The molecule has 0 bridgehead atoms. The number of ketones is 1. The highest BCUT2D eigenvalue weighted by Gasteiger charge is 2.30. The van der Waals surface area contributed by atoms with Gasteiger partial charge in [-0.15, -0.1) is 0 Å². The molecule has 1 aliphatic heterocycles. The minimum atomic E-state index is -0.547. The van der Waals surface area contributed by atoms with Crippen LogP contribution in [0.25, 0.3) is 22.2 Å². The largest absolute Gasteiger partial charge is 0.359 e. The molecule has 1 N–H and O–H groups in total. The predicted molar refractivity (Wildman–Crippen MR) is 127 cm³/mol. The number of hydrogen-bond donors (Lipinski definition) is 1. The van der Waals surface area contributed by atoms with Gasteiger partial charge >= 0.3 is 0 Å². The zero-order valence-corrected chi connectivity index (χ0v) is 18.9. The number of amides is 2. The van der Waals surface area contributed by atoms with Crippen LogP contribution >= 0.6 is 11.3 Å². The van der Waals surface area contributed by atoms with Crippen LogP contribution in [0.2, 0.25) is 0 Å². The first kappa shape index (κ1) is 21.1. The second kappa shape index (κ2) is 8.63. The van der Waals surface area contributed by atoms with Crippen LogP contribution in [0.15, 0.2) is 59.6 Å². The zero-order chi connectivity index (χ0) is 22.9. The molecule has 7 nitrogen and oxygen atoms in total. The summed E-state index contributed by atoms with van der Waals surface area (Å²) in [7, 11) is 0. The monoisotopic (exact) mass is 458 g/mol. The summed E-state index contributed by atoms with van der Waals surface area (Å²) in [5.41, 5.74) is 4.29. The third-order valence-corrected chi connectivity index (χ3v) is 6.69. The standard InChI is InChI=1S/C25H22N4O3S/c1-16-13-26-21(18-7-12-33-15-18)22-20(16)19(14-27-22)23(30)25(32)29-10-8-28(9-11-29)24(31)17-5-3-2-4-6-17/h2-7,12-15,27H,8-11H2,1H3. The Bertz CT molecular complexity index is 1340. The van der Waals surface area contributed by atoms with E-state index in [0.717, 1.165) is 27.7 Å². The van der Waals surface area contributed by atoms with Crippen molar-refractivity contribution in [1.82, 2.24) is 19.8 Å². The van der Waals surface area contributed by atoms with Gasteiger partial charge in [0.1, 0.15) is 0 Å². The van der Waals surface area contributed by atoms with Crippen molar-refractivity contribution in [2.24, 2.45) is 0 Å². The Labute approximate surface area is 194 Å². The number of H-pyrrole nitrogens is 1. The fraction of sp³-hybridized carbons (Fsp3) is 0.200. The first-order chi connectivity index (χ1) is 16.0. The highest BCUT2D eigenvalue weighted by molar-refractivity contribution is 7.08. The Morgan fingerprint density at radius 1 is 1.00 bits per heavy atom. The predicted octanol–water partition coefficient (Wildman–Crippen LogP) is 3.77. The fourth-order valence-corrected chi connectivity index (χ4v) is 4.88. The maximum atomic E-state index is 13.2. The molecule has 0 spiro atoms. The number of aryl methyl sites for hydroxylation is 1. The van der Waals surface area contributed by atoms with E-state index >= 15 is 0 Å². The Morgan fingerprint density at radius 3 is 2.42 bits per heavy atom. The molecule has 2 amide bonds. The first-order valence-electron chi connectivity index (χ1n) is 10.7. The van der Waals surface area contributed by atoms with Gasteiger partial charge in [-0.25, -0.2) is 0 Å². The topological polar surface area (TPSA) is 86.4 Å². The maximum Gasteiger partial charge on any atom is 0.295 e. The van der Waals surface area contributed by atoms with Gasteiger partial charge in [0.15, 0.2) is 0 Å². The minimum absolute atomic E-state index is 0.0604. The van der Waals surface area contributed by atoms with E-state index in [1.54, 1.807) is 40.8 Å². The molecule has 4 aromatic rings. The number of carbonyl (C=O) groups excluding carboxylic acids is 3. The summed E-state index contributed by atoms with van der Waals surface area (Å²) in [6.07, 6.45) is 3.34. The summed E-state index contributed by atoms with van der Waals surface area (Å²) in [5, 5.41) is 4.70. The van der Waals surface area contributed by atoms with Crippen LogP contribution in [0.3, 0.4) is 0 Å². The third-order valence-electron chi connectivity index (χ3n) is 6.01. The number of pyridine rings is 1. The lowest BCUT2D eigenvalue weighted by Crippen LogP contribution is -2.52. The van der Waals surface area contributed by atoms with Gasteiger partial charge in [0.2, 0.25) is 0 Å². The third kappa shape index (κ3) is 3.82. The minimum Gasteiger partial charge on any atom is -0.359 e. The van der Waals surface area contributed by atoms with E-state index in [0.29, 0.717) is 37.3 Å². The van der Waals surface area contributed by atoms with Gasteiger partial charge in [-0.2, -0.15) is 11.3 Å². The van der Waals surface area contributed by atoms with Gasteiger partial charge in [0, 0.05) is 60.5 Å². The number of piperazine rings is 1. The molecule has 1 aliphatic rings. The van der Waals surface area contributed by atoms with Crippen molar-refractivity contribution in [1.29, 1.82) is 0 Å². The Kier molecular flexibility index (Phi) is 5.51. The van der Waals surface area contributed by atoms with Gasteiger partial charge < -0.3 is 14.8 Å². The van der Waals surface area contributed by atoms with E-state index < -0.39 is 11.7 Å². The van der Waals surface area contributed by atoms with Crippen LogP contribution in [-0.4, -0.2) is 63.5 Å². The average Bonchev–Trinajstić information content (AvgIpc) is 3.55. The molecule has 0 radical (unpaired) electrons. The lowest BCUT2D eigenvalue weighted by atomic mass is 10.0. The average molecular weight is 459 g/mol. The number of carbonyl (C=O) groups is 3. The van der Waals surface area contributed by atoms with Gasteiger partial charge in [-0.05, 0) is 36.1 Å². The second-order valence-corrected chi connectivity index (χ2v) is 8.81. The van der Waals surface area contributed by atoms with Crippen molar-refractivity contribution in [3.8, 4) is 11.3 Å². The van der Waals surface area contributed by atoms with Crippen LogP contribution in [0.5, 0.6) is 0 Å². The van der Waals surface area contributed by atoms with Crippen LogP contribution in [-0.2, 0) is 4.79 Å². The van der Waals surface area contributed by atoms with Crippen LogP contribution in [0.4, 0.5) is 0 Å². The number of benzene rings is 1. The van der Waals surface area contributed by atoms with Crippen LogP contribution < -0.4 is 0 Å². The molecular weight excluding hydrogens is 436 g/mol. The lowest BCUT2D eigenvalue weighted by Gasteiger charge is -2.34. The van der Waals surface area contributed by atoms with E-state index in [9.17, 15) is 14.4 Å². The summed E-state index contributed by atoms with van der Waals surface area (Å²) in [6, 6.07) is 11.1. The quantitative estimate of drug-likeness (QED) is 0.373. The molecule has 8 heteroatoms.